The number of nitrogens with zero attached hydrogens (tertiary/aromatic N) is 2. The van der Waals surface area contributed by atoms with Gasteiger partial charge in [-0.25, -0.2) is 9.18 Å². The van der Waals surface area contributed by atoms with Crippen LogP contribution in [0, 0.1) is 12.8 Å². The summed E-state index contributed by atoms with van der Waals surface area (Å²) in [6.07, 6.45) is 3.07. The van der Waals surface area contributed by atoms with Crippen molar-refractivity contribution in [3.05, 3.63) is 35.5 Å². The van der Waals surface area contributed by atoms with Crippen molar-refractivity contribution < 1.29 is 13.9 Å². The number of rotatable bonds is 2. The molecule has 0 bridgehead atoms. The molecule has 3 aliphatic rings. The smallest absolute Gasteiger partial charge is 0.317 e. The van der Waals surface area contributed by atoms with Gasteiger partial charge in [0.2, 0.25) is 0 Å². The highest BCUT2D eigenvalue weighted by Crippen LogP contribution is 2.49. The molecule has 5 rings (SSSR count). The Labute approximate surface area is 157 Å². The van der Waals surface area contributed by atoms with Crippen molar-refractivity contribution in [2.45, 2.75) is 38.0 Å². The number of benzene rings is 1. The lowest BCUT2D eigenvalue weighted by Gasteiger charge is -2.46. The van der Waals surface area contributed by atoms with Crippen molar-refractivity contribution in [3.63, 3.8) is 0 Å². The van der Waals surface area contributed by atoms with Crippen LogP contribution in [0.3, 0.4) is 0 Å². The second-order valence-corrected chi connectivity index (χ2v) is 7.94. The van der Waals surface area contributed by atoms with Gasteiger partial charge in [-0.05, 0) is 43.4 Å². The van der Waals surface area contributed by atoms with Crippen LogP contribution in [0.15, 0.2) is 24.4 Å². The van der Waals surface area contributed by atoms with Gasteiger partial charge in [0.15, 0.2) is 11.8 Å². The van der Waals surface area contributed by atoms with Crippen molar-refractivity contribution in [3.8, 4) is 17.0 Å². The summed E-state index contributed by atoms with van der Waals surface area (Å²) in [4.78, 5) is 13.9. The van der Waals surface area contributed by atoms with Gasteiger partial charge in [-0.3, -0.25) is 5.10 Å². The molecule has 2 fully saturated rings. The zero-order valence-corrected chi connectivity index (χ0v) is 15.3. The van der Waals surface area contributed by atoms with E-state index in [0.29, 0.717) is 31.2 Å². The van der Waals surface area contributed by atoms with Crippen LogP contribution in [0.5, 0.6) is 5.75 Å². The van der Waals surface area contributed by atoms with Gasteiger partial charge in [-0.1, -0.05) is 6.07 Å². The predicted octanol–water partition coefficient (Wildman–Crippen LogP) is 3.14. The lowest BCUT2D eigenvalue weighted by Crippen LogP contribution is -2.58. The van der Waals surface area contributed by atoms with Crippen LogP contribution in [0.2, 0.25) is 0 Å². The second-order valence-electron chi connectivity index (χ2n) is 7.94. The van der Waals surface area contributed by atoms with Gasteiger partial charge >= 0.3 is 6.03 Å². The molecule has 7 heteroatoms. The standard InChI is InChI=1S/C20H23FN4O2/c1-12-2-5-14-16(8-12)27-20(15-10-23-24-18(14)15)6-7-25(11-17(20)21)19(26)22-9-13-3-4-13/h2,5,8,10,13,17H,3-4,6-7,9,11H2,1H3,(H,22,26)(H,23,24)/t17-,20+/m0/s1. The van der Waals surface area contributed by atoms with Crippen LogP contribution in [0.1, 0.15) is 30.4 Å². The summed E-state index contributed by atoms with van der Waals surface area (Å²) in [6, 6.07) is 5.73. The highest BCUT2D eigenvalue weighted by Gasteiger charge is 2.52. The maximum absolute atomic E-state index is 15.5. The fraction of sp³-hybridized carbons (Fsp3) is 0.500. The predicted molar refractivity (Wildman–Crippen MR) is 98.3 cm³/mol. The second kappa shape index (κ2) is 5.97. The summed E-state index contributed by atoms with van der Waals surface area (Å²) < 4.78 is 21.8. The summed E-state index contributed by atoms with van der Waals surface area (Å²) in [5, 5.41) is 10.1. The molecule has 0 radical (unpaired) electrons. The van der Waals surface area contributed by atoms with Crippen LogP contribution >= 0.6 is 0 Å². The van der Waals surface area contributed by atoms with E-state index < -0.39 is 11.8 Å². The van der Waals surface area contributed by atoms with Crippen molar-refractivity contribution >= 4 is 6.03 Å². The Kier molecular flexibility index (Phi) is 3.67. The molecular formula is C20H23FN4O2. The molecule has 1 aromatic heterocycles. The van der Waals surface area contributed by atoms with E-state index in [1.165, 1.54) is 12.8 Å². The molecule has 2 N–H and O–H groups in total. The zero-order chi connectivity index (χ0) is 18.6. The lowest BCUT2D eigenvalue weighted by molar-refractivity contribution is -0.0629. The molecular weight excluding hydrogens is 347 g/mol. The minimum atomic E-state index is -1.33. The number of alkyl halides is 1. The number of likely N-dealkylation sites (tertiary alicyclic amines) is 1. The summed E-state index contributed by atoms with van der Waals surface area (Å²) >= 11 is 0. The third kappa shape index (κ3) is 2.67. The summed E-state index contributed by atoms with van der Waals surface area (Å²) in [7, 11) is 0. The Hall–Kier alpha value is -2.57. The highest BCUT2D eigenvalue weighted by molar-refractivity contribution is 5.76. The van der Waals surface area contributed by atoms with Crippen LogP contribution in [-0.2, 0) is 5.60 Å². The van der Waals surface area contributed by atoms with Crippen molar-refractivity contribution in [2.75, 3.05) is 19.6 Å². The van der Waals surface area contributed by atoms with Crippen LogP contribution in [0.4, 0.5) is 9.18 Å². The van der Waals surface area contributed by atoms with Gasteiger partial charge in [0.05, 0.1) is 18.4 Å². The number of piperidine rings is 1. The number of aryl methyl sites for hydroxylation is 1. The van der Waals surface area contributed by atoms with E-state index >= 15 is 4.39 Å². The summed E-state index contributed by atoms with van der Waals surface area (Å²) in [6.45, 7) is 3.13. The highest BCUT2D eigenvalue weighted by atomic mass is 19.1. The van der Waals surface area contributed by atoms with E-state index in [1.54, 1.807) is 11.1 Å². The molecule has 27 heavy (non-hydrogen) atoms. The van der Waals surface area contributed by atoms with Gasteiger partial charge < -0.3 is 15.0 Å². The Morgan fingerprint density at radius 2 is 2.33 bits per heavy atom. The molecule has 1 spiro atoms. The quantitative estimate of drug-likeness (QED) is 0.853. The molecule has 2 atom stereocenters. The van der Waals surface area contributed by atoms with Crippen molar-refractivity contribution in [1.82, 2.24) is 20.4 Å². The number of amides is 2. The van der Waals surface area contributed by atoms with E-state index in [-0.39, 0.29) is 12.6 Å². The van der Waals surface area contributed by atoms with Gasteiger partial charge in [-0.15, -0.1) is 0 Å². The van der Waals surface area contributed by atoms with Crippen LogP contribution in [0.25, 0.3) is 11.3 Å². The maximum Gasteiger partial charge on any atom is 0.317 e. The number of nitrogens with one attached hydrogen (secondary N) is 2. The fourth-order valence-electron chi connectivity index (χ4n) is 4.14. The minimum Gasteiger partial charge on any atom is -0.478 e. The van der Waals surface area contributed by atoms with Crippen molar-refractivity contribution in [1.29, 1.82) is 0 Å². The number of H-pyrrole nitrogens is 1. The number of aromatic nitrogens is 2. The van der Waals surface area contributed by atoms with E-state index in [4.69, 9.17) is 4.74 Å². The molecule has 2 aliphatic heterocycles. The molecule has 3 heterocycles. The number of hydrogen-bond donors (Lipinski definition) is 2. The normalized spacial score (nSPS) is 26.3. The lowest BCUT2D eigenvalue weighted by atomic mass is 9.79. The zero-order valence-electron chi connectivity index (χ0n) is 15.3. The molecule has 1 saturated heterocycles. The molecule has 1 saturated carbocycles. The maximum atomic E-state index is 15.5. The van der Waals surface area contributed by atoms with Gasteiger partial charge in [-0.2, -0.15) is 5.10 Å². The first-order chi connectivity index (χ1) is 13.1. The van der Waals surface area contributed by atoms with Gasteiger partial charge in [0.1, 0.15) is 5.75 Å². The van der Waals surface area contributed by atoms with Crippen LogP contribution < -0.4 is 10.1 Å². The molecule has 2 aromatic rings. The Bertz CT molecular complexity index is 894. The van der Waals surface area contributed by atoms with E-state index in [0.717, 1.165) is 22.4 Å². The first-order valence-corrected chi connectivity index (χ1v) is 9.57. The number of halogens is 1. The van der Waals surface area contributed by atoms with E-state index in [2.05, 4.69) is 15.5 Å². The third-order valence-corrected chi connectivity index (χ3v) is 5.96. The largest absolute Gasteiger partial charge is 0.478 e. The first kappa shape index (κ1) is 16.6. The minimum absolute atomic E-state index is 0.0161. The molecule has 1 aliphatic carbocycles. The monoisotopic (exact) mass is 370 g/mol. The molecule has 1 aromatic carbocycles. The van der Waals surface area contributed by atoms with E-state index in [9.17, 15) is 4.79 Å². The summed E-state index contributed by atoms with van der Waals surface area (Å²) in [5.41, 5.74) is 2.40. The topological polar surface area (TPSA) is 70.2 Å². The number of carbonyl (C=O) groups excluding carboxylic acids is 1. The number of carbonyl (C=O) groups is 1. The average molecular weight is 370 g/mol. The number of urea groups is 1. The Balaban J connectivity index is 1.41. The molecule has 0 unspecified atom stereocenters. The van der Waals surface area contributed by atoms with Crippen molar-refractivity contribution in [2.24, 2.45) is 5.92 Å². The fourth-order valence-corrected chi connectivity index (χ4v) is 4.14. The SMILES string of the molecule is Cc1ccc2c(c1)O[C@]1(CCN(C(=O)NCC3CC3)C[C@@H]1F)c1cn[nH]c1-2. The molecule has 6 nitrogen and oxygen atoms in total. The third-order valence-electron chi connectivity index (χ3n) is 5.96. The van der Waals surface area contributed by atoms with Gasteiger partial charge in [0, 0.05) is 30.6 Å². The first-order valence-electron chi connectivity index (χ1n) is 9.57. The number of ether oxygens (including phenoxy) is 1. The Morgan fingerprint density at radius 1 is 1.48 bits per heavy atom. The van der Waals surface area contributed by atoms with Gasteiger partial charge in [0.25, 0.3) is 0 Å². The molecule has 142 valence electrons. The van der Waals surface area contributed by atoms with Crippen LogP contribution in [-0.4, -0.2) is 46.9 Å². The number of fused-ring (bicyclic) bond motifs is 4. The summed E-state index contributed by atoms with van der Waals surface area (Å²) in [5.74, 6) is 1.27. The van der Waals surface area contributed by atoms with E-state index in [1.807, 2.05) is 25.1 Å². The number of hydrogen-bond acceptors (Lipinski definition) is 3. The molecule has 2 amide bonds. The average Bonchev–Trinajstić information content (AvgIpc) is 3.35. The Morgan fingerprint density at radius 3 is 3.11 bits per heavy atom. The number of aromatic amines is 1.